The first-order valence-corrected chi connectivity index (χ1v) is 9.21. The van der Waals surface area contributed by atoms with Crippen LogP contribution < -0.4 is 5.32 Å². The molecule has 25 heavy (non-hydrogen) atoms. The fraction of sp³-hybridized carbons (Fsp3) is 0.278. The molecule has 4 rings (SSSR count). The summed E-state index contributed by atoms with van der Waals surface area (Å²) in [4.78, 5) is 24.4. The van der Waals surface area contributed by atoms with E-state index in [1.807, 2.05) is 35.9 Å². The molecule has 1 aliphatic heterocycles. The summed E-state index contributed by atoms with van der Waals surface area (Å²) in [6.45, 7) is 1.70. The number of nitrogens with one attached hydrogen (secondary N) is 1. The molecule has 0 atom stereocenters. The lowest BCUT2D eigenvalue weighted by atomic mass is 10.1. The summed E-state index contributed by atoms with van der Waals surface area (Å²) in [7, 11) is 1.84. The van der Waals surface area contributed by atoms with E-state index >= 15 is 0 Å². The van der Waals surface area contributed by atoms with Gasteiger partial charge in [0.25, 0.3) is 0 Å². The van der Waals surface area contributed by atoms with Crippen molar-refractivity contribution < 1.29 is 9.59 Å². The average Bonchev–Trinajstić information content (AvgIpc) is 3.24. The second-order valence-corrected chi connectivity index (χ2v) is 7.17. The van der Waals surface area contributed by atoms with Gasteiger partial charge in [-0.1, -0.05) is 18.2 Å². The summed E-state index contributed by atoms with van der Waals surface area (Å²) in [6, 6.07) is 7.64. The molecule has 1 aromatic carbocycles. The van der Waals surface area contributed by atoms with Crippen LogP contribution in [0.15, 0.2) is 30.5 Å². The number of carbonyl (C=O) groups excluding carboxylic acids is 2. The monoisotopic (exact) mass is 354 g/mol. The zero-order valence-electron chi connectivity index (χ0n) is 14.1. The van der Waals surface area contributed by atoms with Crippen molar-refractivity contribution in [2.75, 3.05) is 5.32 Å². The van der Waals surface area contributed by atoms with E-state index < -0.39 is 0 Å². The van der Waals surface area contributed by atoms with Crippen LogP contribution in [0, 0.1) is 0 Å². The van der Waals surface area contributed by atoms with Gasteiger partial charge in [-0.05, 0) is 13.0 Å². The molecule has 2 aromatic heterocycles. The third kappa shape index (κ3) is 2.74. The number of hydrogen-bond donors (Lipinski definition) is 1. The highest BCUT2D eigenvalue weighted by Crippen LogP contribution is 2.34. The molecule has 3 aromatic rings. The van der Waals surface area contributed by atoms with E-state index in [2.05, 4.69) is 10.4 Å². The van der Waals surface area contributed by atoms with Crippen molar-refractivity contribution >= 4 is 40.2 Å². The van der Waals surface area contributed by atoms with Crippen molar-refractivity contribution in [1.29, 1.82) is 0 Å². The molecule has 7 heteroatoms. The number of ketones is 1. The zero-order valence-corrected chi connectivity index (χ0v) is 14.9. The van der Waals surface area contributed by atoms with Crippen molar-refractivity contribution in [2.45, 2.75) is 25.0 Å². The lowest BCUT2D eigenvalue weighted by molar-refractivity contribution is -0.116. The third-order valence-electron chi connectivity index (χ3n) is 4.45. The number of para-hydroxylation sites is 1. The van der Waals surface area contributed by atoms with Gasteiger partial charge in [-0.3, -0.25) is 14.3 Å². The molecule has 0 aliphatic carbocycles. The van der Waals surface area contributed by atoms with Gasteiger partial charge in [0.2, 0.25) is 5.91 Å². The number of aryl methyl sites for hydroxylation is 1. The van der Waals surface area contributed by atoms with Crippen molar-refractivity contribution in [2.24, 2.45) is 7.05 Å². The van der Waals surface area contributed by atoms with Gasteiger partial charge in [0.1, 0.15) is 12.4 Å². The maximum absolute atomic E-state index is 12.6. The highest BCUT2D eigenvalue weighted by Gasteiger charge is 2.23. The van der Waals surface area contributed by atoms with Gasteiger partial charge in [-0.2, -0.15) is 16.9 Å². The number of hydrogen-bond acceptors (Lipinski definition) is 4. The van der Waals surface area contributed by atoms with E-state index in [1.54, 1.807) is 29.6 Å². The molecule has 0 bridgehead atoms. The Balaban J connectivity index is 1.62. The van der Waals surface area contributed by atoms with Gasteiger partial charge in [0.05, 0.1) is 5.69 Å². The number of thioether (sulfide) groups is 1. The van der Waals surface area contributed by atoms with Crippen LogP contribution in [0.1, 0.15) is 28.5 Å². The Bertz CT molecular complexity index is 1000. The quantitative estimate of drug-likeness (QED) is 0.732. The smallest absolute Gasteiger partial charge is 0.245 e. The van der Waals surface area contributed by atoms with E-state index in [0.717, 1.165) is 39.5 Å². The number of nitrogens with zero attached hydrogens (tertiary/aromatic N) is 3. The molecule has 0 radical (unpaired) electrons. The van der Waals surface area contributed by atoms with Crippen LogP contribution in [0.2, 0.25) is 0 Å². The maximum Gasteiger partial charge on any atom is 0.245 e. The third-order valence-corrected chi connectivity index (χ3v) is 5.42. The van der Waals surface area contributed by atoms with E-state index in [0.29, 0.717) is 5.56 Å². The van der Waals surface area contributed by atoms with Gasteiger partial charge < -0.3 is 9.88 Å². The molecule has 0 fully saturated rings. The first-order chi connectivity index (χ1) is 12.0. The Morgan fingerprint density at radius 2 is 2.08 bits per heavy atom. The van der Waals surface area contributed by atoms with Crippen molar-refractivity contribution in [3.63, 3.8) is 0 Å². The summed E-state index contributed by atoms with van der Waals surface area (Å²) in [6.07, 6.45) is 1.76. The van der Waals surface area contributed by atoms with Crippen LogP contribution in [0.5, 0.6) is 0 Å². The van der Waals surface area contributed by atoms with E-state index in [-0.39, 0.29) is 18.2 Å². The van der Waals surface area contributed by atoms with Crippen LogP contribution in [0.25, 0.3) is 10.9 Å². The highest BCUT2D eigenvalue weighted by molar-refractivity contribution is 7.98. The van der Waals surface area contributed by atoms with Gasteiger partial charge in [0.15, 0.2) is 5.78 Å². The summed E-state index contributed by atoms with van der Waals surface area (Å²) in [5.74, 6) is 2.41. The molecule has 128 valence electrons. The van der Waals surface area contributed by atoms with Crippen LogP contribution in [-0.4, -0.2) is 26.0 Å². The molecular weight excluding hydrogens is 336 g/mol. The first kappa shape index (κ1) is 16.0. The summed E-state index contributed by atoms with van der Waals surface area (Å²) >= 11 is 1.80. The normalized spacial score (nSPS) is 13.2. The summed E-state index contributed by atoms with van der Waals surface area (Å²) in [5.41, 5.74) is 3.69. The molecule has 0 spiro atoms. The summed E-state index contributed by atoms with van der Waals surface area (Å²) < 4.78 is 3.56. The Kier molecular flexibility index (Phi) is 3.88. The van der Waals surface area contributed by atoms with Crippen molar-refractivity contribution in [1.82, 2.24) is 14.3 Å². The Hall–Kier alpha value is -2.54. The van der Waals surface area contributed by atoms with Gasteiger partial charge >= 0.3 is 0 Å². The van der Waals surface area contributed by atoms with Gasteiger partial charge in [-0.25, -0.2) is 0 Å². The minimum atomic E-state index is -0.126. The number of rotatable bonds is 4. The van der Waals surface area contributed by atoms with E-state index in [9.17, 15) is 9.59 Å². The number of fused-ring (bicyclic) bond motifs is 2. The van der Waals surface area contributed by atoms with Crippen LogP contribution >= 0.6 is 11.8 Å². The lowest BCUT2D eigenvalue weighted by Crippen LogP contribution is -2.20. The van der Waals surface area contributed by atoms with E-state index in [1.165, 1.54) is 0 Å². The molecule has 1 aliphatic rings. The molecule has 1 amide bonds. The second-order valence-electron chi connectivity index (χ2n) is 6.18. The molecule has 0 saturated heterocycles. The fourth-order valence-electron chi connectivity index (χ4n) is 3.28. The molecule has 0 unspecified atom stereocenters. The Labute approximate surface area is 149 Å². The Morgan fingerprint density at radius 3 is 2.88 bits per heavy atom. The molecular formula is C18H18N4O2S. The molecule has 0 saturated carbocycles. The van der Waals surface area contributed by atoms with Crippen LogP contribution in [-0.2, 0) is 29.9 Å². The number of Topliss-reactive ketones (excluding diaryl/α,β-unsaturated/α-hetero) is 1. The molecule has 1 N–H and O–H groups in total. The van der Waals surface area contributed by atoms with E-state index in [4.69, 9.17) is 0 Å². The predicted octanol–water partition coefficient (Wildman–Crippen LogP) is 2.96. The van der Waals surface area contributed by atoms with Crippen molar-refractivity contribution in [3.8, 4) is 0 Å². The average molecular weight is 354 g/mol. The SMILES string of the molecule is CC(=O)c1cn(CC(=O)Nc2c3c(nn2C)CSC3)c2ccccc12. The number of amides is 1. The van der Waals surface area contributed by atoms with Gasteiger partial charge in [-0.15, -0.1) is 0 Å². The summed E-state index contributed by atoms with van der Waals surface area (Å²) in [5, 5.41) is 8.32. The first-order valence-electron chi connectivity index (χ1n) is 8.05. The van der Waals surface area contributed by atoms with Crippen molar-refractivity contribution in [3.05, 3.63) is 47.3 Å². The minimum Gasteiger partial charge on any atom is -0.337 e. The number of carbonyl (C=O) groups is 2. The zero-order chi connectivity index (χ0) is 17.6. The standard InChI is InChI=1S/C18H18N4O2S/c1-11(23)13-7-22(16-6-4-3-5-12(13)16)8-17(24)19-18-14-9-25-10-15(14)20-21(18)2/h3-7H,8-10H2,1-2H3,(H,19,24). The minimum absolute atomic E-state index is 0.00293. The lowest BCUT2D eigenvalue weighted by Gasteiger charge is -2.09. The molecule has 3 heterocycles. The second kappa shape index (κ2) is 6.07. The Morgan fingerprint density at radius 1 is 1.28 bits per heavy atom. The number of aromatic nitrogens is 3. The van der Waals surface area contributed by atoms with Gasteiger partial charge in [0, 0.05) is 46.8 Å². The predicted molar refractivity (Wildman–Crippen MR) is 98.8 cm³/mol. The molecule has 6 nitrogen and oxygen atoms in total. The topological polar surface area (TPSA) is 68.9 Å². The fourth-order valence-corrected chi connectivity index (χ4v) is 4.32. The van der Waals surface area contributed by atoms with Crippen LogP contribution in [0.3, 0.4) is 0 Å². The maximum atomic E-state index is 12.6. The van der Waals surface area contributed by atoms with Crippen LogP contribution in [0.4, 0.5) is 5.82 Å². The highest BCUT2D eigenvalue weighted by atomic mass is 32.2. The number of anilines is 1. The number of benzene rings is 1. The largest absolute Gasteiger partial charge is 0.337 e.